The van der Waals surface area contributed by atoms with E-state index >= 15 is 0 Å². The van der Waals surface area contributed by atoms with Gasteiger partial charge in [-0.05, 0) is 17.9 Å². The molecule has 1 N–H and O–H groups in total. The normalized spacial score (nSPS) is 16.1. The van der Waals surface area contributed by atoms with Crippen LogP contribution in [0.2, 0.25) is 0 Å². The number of thiophene rings is 1. The van der Waals surface area contributed by atoms with Crippen LogP contribution in [0.25, 0.3) is 0 Å². The number of nitrogens with zero attached hydrogens (tertiary/aromatic N) is 1. The molecule has 0 radical (unpaired) electrons. The third-order valence-corrected chi connectivity index (χ3v) is 3.70. The van der Waals surface area contributed by atoms with Crippen molar-refractivity contribution in [2.75, 3.05) is 39.4 Å². The maximum atomic E-state index is 11.8. The van der Waals surface area contributed by atoms with Crippen molar-refractivity contribution in [3.63, 3.8) is 0 Å². The average Bonchev–Trinajstić information content (AvgIpc) is 2.88. The predicted octanol–water partition coefficient (Wildman–Crippen LogP) is 0.739. The minimum Gasteiger partial charge on any atom is -0.378 e. The third-order valence-electron chi connectivity index (χ3n) is 2.77. The number of carbonyl (C=O) groups is 1. The van der Waals surface area contributed by atoms with Crippen LogP contribution >= 0.6 is 11.3 Å². The van der Waals surface area contributed by atoms with E-state index in [-0.39, 0.29) is 5.91 Å². The lowest BCUT2D eigenvalue weighted by molar-refractivity contribution is -0.134. The molecular formula is C12H18N2O2S. The lowest BCUT2D eigenvalue weighted by Gasteiger charge is -2.26. The van der Waals surface area contributed by atoms with Crippen LogP contribution in [0, 0.1) is 0 Å². The summed E-state index contributed by atoms with van der Waals surface area (Å²) in [4.78, 5) is 15.0. The van der Waals surface area contributed by atoms with Crippen LogP contribution in [0.4, 0.5) is 0 Å². The van der Waals surface area contributed by atoms with Gasteiger partial charge in [-0.25, -0.2) is 0 Å². The van der Waals surface area contributed by atoms with Crippen LogP contribution in [0.1, 0.15) is 4.88 Å². The van der Waals surface area contributed by atoms with E-state index in [1.54, 1.807) is 11.3 Å². The van der Waals surface area contributed by atoms with E-state index in [9.17, 15) is 4.79 Å². The number of rotatable bonds is 5. The lowest BCUT2D eigenvalue weighted by Crippen LogP contribution is -2.44. The van der Waals surface area contributed by atoms with E-state index in [0.717, 1.165) is 26.1 Å². The molecule has 2 heterocycles. The number of hydrogen-bond acceptors (Lipinski definition) is 4. The number of amides is 1. The summed E-state index contributed by atoms with van der Waals surface area (Å²) in [5, 5.41) is 5.27. The fourth-order valence-electron chi connectivity index (χ4n) is 1.79. The molecule has 1 aromatic heterocycles. The summed E-state index contributed by atoms with van der Waals surface area (Å²) >= 11 is 1.76. The van der Waals surface area contributed by atoms with Gasteiger partial charge in [0.05, 0.1) is 19.8 Å². The second-order valence-electron chi connectivity index (χ2n) is 4.00. The van der Waals surface area contributed by atoms with Gasteiger partial charge in [0, 0.05) is 24.5 Å². The van der Waals surface area contributed by atoms with Gasteiger partial charge < -0.3 is 15.0 Å². The van der Waals surface area contributed by atoms with E-state index in [1.165, 1.54) is 4.88 Å². The van der Waals surface area contributed by atoms with E-state index in [4.69, 9.17) is 4.74 Å². The summed E-state index contributed by atoms with van der Waals surface area (Å²) in [6, 6.07) is 4.18. The molecule has 0 aliphatic carbocycles. The molecule has 2 rings (SSSR count). The fraction of sp³-hybridized carbons (Fsp3) is 0.583. The Bertz CT molecular complexity index is 334. The summed E-state index contributed by atoms with van der Waals surface area (Å²) in [7, 11) is 0. The van der Waals surface area contributed by atoms with E-state index in [2.05, 4.69) is 22.8 Å². The zero-order valence-corrected chi connectivity index (χ0v) is 10.7. The van der Waals surface area contributed by atoms with Crippen LogP contribution in [0.3, 0.4) is 0 Å². The van der Waals surface area contributed by atoms with Crippen LogP contribution in [-0.2, 0) is 16.0 Å². The Morgan fingerprint density at radius 2 is 2.29 bits per heavy atom. The first-order valence-corrected chi connectivity index (χ1v) is 6.83. The van der Waals surface area contributed by atoms with Gasteiger partial charge in [-0.2, -0.15) is 0 Å². The highest BCUT2D eigenvalue weighted by Crippen LogP contribution is 2.07. The van der Waals surface area contributed by atoms with E-state index < -0.39 is 0 Å². The zero-order chi connectivity index (χ0) is 11.9. The number of morpholine rings is 1. The van der Waals surface area contributed by atoms with Crippen molar-refractivity contribution in [1.82, 2.24) is 10.2 Å². The molecule has 1 aliphatic rings. The van der Waals surface area contributed by atoms with Gasteiger partial charge >= 0.3 is 0 Å². The Kier molecular flexibility index (Phi) is 4.97. The lowest BCUT2D eigenvalue weighted by atomic mass is 10.3. The molecule has 0 aromatic carbocycles. The molecule has 0 unspecified atom stereocenters. The summed E-state index contributed by atoms with van der Waals surface area (Å²) in [6.45, 7) is 4.08. The number of nitrogens with one attached hydrogen (secondary N) is 1. The van der Waals surface area contributed by atoms with Crippen molar-refractivity contribution in [2.24, 2.45) is 0 Å². The van der Waals surface area contributed by atoms with Crippen molar-refractivity contribution in [3.05, 3.63) is 22.4 Å². The molecule has 94 valence electrons. The zero-order valence-electron chi connectivity index (χ0n) is 9.85. The van der Waals surface area contributed by atoms with E-state index in [1.807, 2.05) is 4.90 Å². The first-order valence-electron chi connectivity index (χ1n) is 5.95. The highest BCUT2D eigenvalue weighted by Gasteiger charge is 2.15. The maximum Gasteiger partial charge on any atom is 0.236 e. The molecule has 0 atom stereocenters. The standard InChI is InChI=1S/C12H18N2O2S/c15-12(14-5-7-16-8-6-14)10-13-4-3-11-2-1-9-17-11/h1-2,9,13H,3-8,10H2. The van der Waals surface area contributed by atoms with E-state index in [0.29, 0.717) is 19.8 Å². The number of hydrogen-bond donors (Lipinski definition) is 1. The molecule has 1 fully saturated rings. The highest BCUT2D eigenvalue weighted by atomic mass is 32.1. The first-order chi connectivity index (χ1) is 8.36. The Labute approximate surface area is 106 Å². The average molecular weight is 254 g/mol. The monoisotopic (exact) mass is 254 g/mol. The van der Waals surface area contributed by atoms with Crippen LogP contribution < -0.4 is 5.32 Å². The molecule has 0 saturated carbocycles. The van der Waals surface area contributed by atoms with Crippen LogP contribution in [0.5, 0.6) is 0 Å². The molecule has 5 heteroatoms. The van der Waals surface area contributed by atoms with Crippen molar-refractivity contribution in [2.45, 2.75) is 6.42 Å². The number of ether oxygens (including phenoxy) is 1. The van der Waals surface area contributed by atoms with Crippen molar-refractivity contribution < 1.29 is 9.53 Å². The topological polar surface area (TPSA) is 41.6 Å². The Hall–Kier alpha value is -0.910. The number of carbonyl (C=O) groups excluding carboxylic acids is 1. The highest BCUT2D eigenvalue weighted by molar-refractivity contribution is 7.09. The minimum absolute atomic E-state index is 0.180. The van der Waals surface area contributed by atoms with Gasteiger partial charge in [-0.3, -0.25) is 4.79 Å². The molecule has 0 spiro atoms. The van der Waals surface area contributed by atoms with Crippen LogP contribution in [-0.4, -0.2) is 50.2 Å². The molecular weight excluding hydrogens is 236 g/mol. The summed E-state index contributed by atoms with van der Waals surface area (Å²) < 4.78 is 5.21. The van der Waals surface area contributed by atoms with Gasteiger partial charge in [-0.15, -0.1) is 11.3 Å². The van der Waals surface area contributed by atoms with Crippen LogP contribution in [0.15, 0.2) is 17.5 Å². The Morgan fingerprint density at radius 3 is 3.00 bits per heavy atom. The summed E-state index contributed by atoms with van der Waals surface area (Å²) in [5.41, 5.74) is 0. The minimum atomic E-state index is 0.180. The van der Waals surface area contributed by atoms with Crippen molar-refractivity contribution in [1.29, 1.82) is 0 Å². The van der Waals surface area contributed by atoms with Crippen molar-refractivity contribution in [3.8, 4) is 0 Å². The smallest absolute Gasteiger partial charge is 0.236 e. The largest absolute Gasteiger partial charge is 0.378 e. The molecule has 4 nitrogen and oxygen atoms in total. The SMILES string of the molecule is O=C(CNCCc1cccs1)N1CCOCC1. The molecule has 1 aromatic rings. The van der Waals surface area contributed by atoms with Gasteiger partial charge in [0.15, 0.2) is 0 Å². The second-order valence-corrected chi connectivity index (χ2v) is 5.03. The molecule has 0 bridgehead atoms. The summed E-state index contributed by atoms with van der Waals surface area (Å²) in [5.74, 6) is 0.180. The van der Waals surface area contributed by atoms with Crippen molar-refractivity contribution >= 4 is 17.2 Å². The molecule has 1 saturated heterocycles. The Morgan fingerprint density at radius 1 is 1.47 bits per heavy atom. The summed E-state index contributed by atoms with van der Waals surface area (Å²) in [6.07, 6.45) is 0.994. The quantitative estimate of drug-likeness (QED) is 0.788. The molecule has 1 aliphatic heterocycles. The van der Waals surface area contributed by atoms with Gasteiger partial charge in [0.25, 0.3) is 0 Å². The third kappa shape index (κ3) is 4.11. The fourth-order valence-corrected chi connectivity index (χ4v) is 2.50. The Balaban J connectivity index is 1.59. The predicted molar refractivity (Wildman–Crippen MR) is 68.3 cm³/mol. The van der Waals surface area contributed by atoms with Gasteiger partial charge in [-0.1, -0.05) is 6.07 Å². The molecule has 17 heavy (non-hydrogen) atoms. The van der Waals surface area contributed by atoms with Gasteiger partial charge in [0.1, 0.15) is 0 Å². The first kappa shape index (κ1) is 12.5. The van der Waals surface area contributed by atoms with Gasteiger partial charge in [0.2, 0.25) is 5.91 Å². The second kappa shape index (κ2) is 6.74. The maximum absolute atomic E-state index is 11.8. The molecule has 1 amide bonds.